The minimum atomic E-state index is -2.88. The molecular weight excluding hydrogens is 292 g/mol. The predicted molar refractivity (Wildman–Crippen MR) is 68.7 cm³/mol. The van der Waals surface area contributed by atoms with Gasteiger partial charge >= 0.3 is 0 Å². The minimum Gasteiger partial charge on any atom is -0.493 e. The number of rotatable bonds is 5. The van der Waals surface area contributed by atoms with Crippen LogP contribution in [0.2, 0.25) is 0 Å². The van der Waals surface area contributed by atoms with Gasteiger partial charge in [0.2, 0.25) is 0 Å². The van der Waals surface area contributed by atoms with Gasteiger partial charge in [0.1, 0.15) is 15.6 Å². The zero-order chi connectivity index (χ0) is 12.2. The highest BCUT2D eigenvalue weighted by molar-refractivity contribution is 9.10. The van der Waals surface area contributed by atoms with Gasteiger partial charge in [-0.3, -0.25) is 0 Å². The summed E-state index contributed by atoms with van der Waals surface area (Å²) >= 11 is 3.37. The van der Waals surface area contributed by atoms with Gasteiger partial charge in [-0.25, -0.2) is 8.42 Å². The van der Waals surface area contributed by atoms with Gasteiger partial charge in [-0.15, -0.1) is 0 Å². The van der Waals surface area contributed by atoms with E-state index in [0.717, 1.165) is 15.8 Å². The van der Waals surface area contributed by atoms with Crippen molar-refractivity contribution in [3.8, 4) is 5.75 Å². The molecule has 0 bridgehead atoms. The number of hydrogen-bond acceptors (Lipinski definition) is 3. The zero-order valence-corrected chi connectivity index (χ0v) is 11.8. The van der Waals surface area contributed by atoms with Crippen molar-refractivity contribution in [3.63, 3.8) is 0 Å². The van der Waals surface area contributed by atoms with Crippen LogP contribution in [0.5, 0.6) is 5.75 Å². The second-order valence-corrected chi connectivity index (χ2v) is 6.92. The van der Waals surface area contributed by atoms with Crippen LogP contribution in [0.1, 0.15) is 12.0 Å². The molecule has 0 spiro atoms. The first-order valence-electron chi connectivity index (χ1n) is 4.95. The molecule has 0 saturated carbocycles. The van der Waals surface area contributed by atoms with E-state index in [2.05, 4.69) is 15.9 Å². The average molecular weight is 307 g/mol. The Bertz CT molecular complexity index is 454. The van der Waals surface area contributed by atoms with Gasteiger partial charge in [0, 0.05) is 10.7 Å². The molecule has 0 atom stereocenters. The fourth-order valence-corrected chi connectivity index (χ4v) is 2.40. The molecular formula is C11H15BrO3S. The third kappa shape index (κ3) is 4.99. The van der Waals surface area contributed by atoms with Gasteiger partial charge in [-0.2, -0.15) is 0 Å². The number of sulfone groups is 1. The summed E-state index contributed by atoms with van der Waals surface area (Å²) in [7, 11) is -2.88. The first kappa shape index (κ1) is 13.5. The van der Waals surface area contributed by atoms with Crippen molar-refractivity contribution < 1.29 is 13.2 Å². The summed E-state index contributed by atoms with van der Waals surface area (Å²) in [4.78, 5) is 0. The first-order chi connectivity index (χ1) is 7.38. The lowest BCUT2D eigenvalue weighted by molar-refractivity contribution is 0.315. The monoisotopic (exact) mass is 306 g/mol. The van der Waals surface area contributed by atoms with E-state index < -0.39 is 9.84 Å². The van der Waals surface area contributed by atoms with Crippen LogP contribution in [0.25, 0.3) is 0 Å². The van der Waals surface area contributed by atoms with E-state index in [9.17, 15) is 8.42 Å². The van der Waals surface area contributed by atoms with Crippen LogP contribution < -0.4 is 4.74 Å². The van der Waals surface area contributed by atoms with Crippen molar-refractivity contribution >= 4 is 25.8 Å². The highest BCUT2D eigenvalue weighted by Crippen LogP contribution is 2.22. The molecule has 0 N–H and O–H groups in total. The van der Waals surface area contributed by atoms with E-state index in [-0.39, 0.29) is 5.75 Å². The molecule has 1 rings (SSSR count). The maximum atomic E-state index is 10.9. The molecule has 90 valence electrons. The molecule has 0 saturated heterocycles. The summed E-state index contributed by atoms with van der Waals surface area (Å²) < 4.78 is 28.3. The minimum absolute atomic E-state index is 0.169. The quantitative estimate of drug-likeness (QED) is 0.785. The maximum absolute atomic E-state index is 10.9. The van der Waals surface area contributed by atoms with Crippen LogP contribution in [0.4, 0.5) is 0 Å². The summed E-state index contributed by atoms with van der Waals surface area (Å²) in [6.07, 6.45) is 1.76. The second kappa shape index (κ2) is 5.68. The molecule has 0 aromatic heterocycles. The van der Waals surface area contributed by atoms with E-state index in [0.29, 0.717) is 13.0 Å². The number of hydrogen-bond donors (Lipinski definition) is 0. The largest absolute Gasteiger partial charge is 0.493 e. The molecule has 0 aliphatic rings. The number of aryl methyl sites for hydroxylation is 1. The Morgan fingerprint density at radius 2 is 2.06 bits per heavy atom. The third-order valence-corrected chi connectivity index (χ3v) is 3.58. The lowest BCUT2D eigenvalue weighted by Gasteiger charge is -2.08. The highest BCUT2D eigenvalue weighted by atomic mass is 79.9. The average Bonchev–Trinajstić information content (AvgIpc) is 2.13. The molecule has 0 aliphatic heterocycles. The Hall–Kier alpha value is -0.550. The van der Waals surface area contributed by atoms with Crippen molar-refractivity contribution in [2.45, 2.75) is 13.3 Å². The summed E-state index contributed by atoms with van der Waals surface area (Å²) in [5.74, 6) is 0.972. The normalized spacial score (nSPS) is 11.4. The van der Waals surface area contributed by atoms with Crippen LogP contribution >= 0.6 is 15.9 Å². The van der Waals surface area contributed by atoms with Gasteiger partial charge < -0.3 is 4.74 Å². The molecule has 0 heterocycles. The molecule has 0 radical (unpaired) electrons. The van der Waals surface area contributed by atoms with Crippen LogP contribution in [-0.2, 0) is 9.84 Å². The molecule has 3 nitrogen and oxygen atoms in total. The second-order valence-electron chi connectivity index (χ2n) is 3.74. The van der Waals surface area contributed by atoms with Crippen LogP contribution in [-0.4, -0.2) is 27.0 Å². The fraction of sp³-hybridized carbons (Fsp3) is 0.455. The van der Waals surface area contributed by atoms with E-state index in [1.54, 1.807) is 0 Å². The molecule has 1 aromatic rings. The standard InChI is InChI=1S/C11H15BrO3S/c1-9-8-10(12)4-5-11(9)15-6-3-7-16(2,13)14/h4-5,8H,3,6-7H2,1-2H3. The predicted octanol–water partition coefficient (Wildman–Crippen LogP) is 2.57. The molecule has 0 fully saturated rings. The van der Waals surface area contributed by atoms with Gasteiger partial charge in [-0.05, 0) is 37.1 Å². The van der Waals surface area contributed by atoms with E-state index in [1.165, 1.54) is 6.26 Å². The summed E-state index contributed by atoms with van der Waals surface area (Å²) in [6, 6.07) is 5.74. The fourth-order valence-electron chi connectivity index (χ4n) is 1.28. The highest BCUT2D eigenvalue weighted by Gasteiger charge is 2.03. The smallest absolute Gasteiger partial charge is 0.147 e. The number of ether oxygens (including phenoxy) is 1. The van der Waals surface area contributed by atoms with Crippen LogP contribution in [0.15, 0.2) is 22.7 Å². The van der Waals surface area contributed by atoms with Gasteiger partial charge in [-0.1, -0.05) is 15.9 Å². The lowest BCUT2D eigenvalue weighted by atomic mass is 10.2. The molecule has 16 heavy (non-hydrogen) atoms. The van der Waals surface area contributed by atoms with E-state index >= 15 is 0 Å². The van der Waals surface area contributed by atoms with Crippen LogP contribution in [0, 0.1) is 6.92 Å². The Kier molecular flexibility index (Phi) is 4.80. The van der Waals surface area contributed by atoms with Crippen molar-refractivity contribution in [2.24, 2.45) is 0 Å². The Balaban J connectivity index is 2.43. The molecule has 5 heteroatoms. The van der Waals surface area contributed by atoms with Crippen molar-refractivity contribution in [3.05, 3.63) is 28.2 Å². The molecule has 0 amide bonds. The SMILES string of the molecule is Cc1cc(Br)ccc1OCCCS(C)(=O)=O. The molecule has 0 unspecified atom stereocenters. The summed E-state index contributed by atoms with van der Waals surface area (Å²) in [5, 5.41) is 0. The molecule has 0 aliphatic carbocycles. The topological polar surface area (TPSA) is 43.4 Å². The summed E-state index contributed by atoms with van der Waals surface area (Å²) in [5.41, 5.74) is 1.04. The Morgan fingerprint density at radius 3 is 2.62 bits per heavy atom. The van der Waals surface area contributed by atoms with Crippen molar-refractivity contribution in [1.82, 2.24) is 0 Å². The third-order valence-electron chi connectivity index (χ3n) is 2.05. The molecule has 1 aromatic carbocycles. The first-order valence-corrected chi connectivity index (χ1v) is 7.80. The van der Waals surface area contributed by atoms with Crippen molar-refractivity contribution in [1.29, 1.82) is 0 Å². The van der Waals surface area contributed by atoms with E-state index in [4.69, 9.17) is 4.74 Å². The van der Waals surface area contributed by atoms with Gasteiger partial charge in [0.05, 0.1) is 12.4 Å². The summed E-state index contributed by atoms with van der Waals surface area (Å²) in [6.45, 7) is 2.38. The number of halogens is 1. The Labute approximate surface area is 105 Å². The van der Waals surface area contributed by atoms with Crippen molar-refractivity contribution in [2.75, 3.05) is 18.6 Å². The maximum Gasteiger partial charge on any atom is 0.147 e. The zero-order valence-electron chi connectivity index (χ0n) is 9.36. The Morgan fingerprint density at radius 1 is 1.38 bits per heavy atom. The van der Waals surface area contributed by atoms with Crippen LogP contribution in [0.3, 0.4) is 0 Å². The van der Waals surface area contributed by atoms with Gasteiger partial charge in [0.25, 0.3) is 0 Å². The number of benzene rings is 1. The van der Waals surface area contributed by atoms with E-state index in [1.807, 2.05) is 25.1 Å². The van der Waals surface area contributed by atoms with Gasteiger partial charge in [0.15, 0.2) is 0 Å². The lowest BCUT2D eigenvalue weighted by Crippen LogP contribution is -2.08.